The summed E-state index contributed by atoms with van der Waals surface area (Å²) < 4.78 is 5.09. The maximum absolute atomic E-state index is 11.9. The molecule has 2 aromatic carbocycles. The molecule has 4 nitrogen and oxygen atoms in total. The Kier molecular flexibility index (Phi) is 6.92. The van der Waals surface area contributed by atoms with Gasteiger partial charge in [-0.1, -0.05) is 42.5 Å². The van der Waals surface area contributed by atoms with Crippen LogP contribution in [0.1, 0.15) is 34.8 Å². The van der Waals surface area contributed by atoms with E-state index < -0.39 is 0 Å². The van der Waals surface area contributed by atoms with Gasteiger partial charge in [0.05, 0.1) is 12.2 Å². The molecule has 1 aromatic heterocycles. The van der Waals surface area contributed by atoms with E-state index in [1.54, 1.807) is 0 Å². The average molecular weight is 421 g/mol. The highest BCUT2D eigenvalue weighted by molar-refractivity contribution is 7.98. The number of hydrogen-bond donors (Lipinski definition) is 1. The van der Waals surface area contributed by atoms with Gasteiger partial charge in [-0.2, -0.15) is 11.8 Å². The predicted molar refractivity (Wildman–Crippen MR) is 126 cm³/mol. The van der Waals surface area contributed by atoms with Crippen LogP contribution < -0.4 is 0 Å². The molecule has 2 heterocycles. The predicted octanol–water partition coefficient (Wildman–Crippen LogP) is 5.37. The molecule has 4 rings (SSSR count). The fourth-order valence-corrected chi connectivity index (χ4v) is 4.84. The van der Waals surface area contributed by atoms with Crippen molar-refractivity contribution in [1.82, 2.24) is 9.88 Å². The maximum atomic E-state index is 11.9. The van der Waals surface area contributed by atoms with Crippen molar-refractivity contribution in [2.45, 2.75) is 19.1 Å². The Morgan fingerprint density at radius 3 is 2.83 bits per heavy atom. The first kappa shape index (κ1) is 20.8. The highest BCUT2D eigenvalue weighted by Crippen LogP contribution is 2.25. The van der Waals surface area contributed by atoms with Crippen LogP contribution in [0.4, 0.5) is 0 Å². The van der Waals surface area contributed by atoms with E-state index in [0.29, 0.717) is 12.2 Å². The van der Waals surface area contributed by atoms with Crippen LogP contribution in [0.2, 0.25) is 0 Å². The number of esters is 1. The number of H-pyrrole nitrogens is 1. The van der Waals surface area contributed by atoms with Crippen LogP contribution in [-0.2, 0) is 10.5 Å². The third kappa shape index (κ3) is 4.97. The van der Waals surface area contributed by atoms with Gasteiger partial charge in [0.1, 0.15) is 0 Å². The lowest BCUT2D eigenvalue weighted by molar-refractivity contribution is 0.0526. The fraction of sp³-hybridized carbons (Fsp3) is 0.320. The number of nitrogens with zero attached hydrogens (tertiary/aromatic N) is 1. The SMILES string of the molecule is CCOC(=O)c1ccc2c(CSCCN3CC=C(c4ccccc4)CC3)c[nH]c2c1. The smallest absolute Gasteiger partial charge is 0.338 e. The van der Waals surface area contributed by atoms with Gasteiger partial charge in [0.2, 0.25) is 0 Å². The molecule has 0 bridgehead atoms. The van der Waals surface area contributed by atoms with Gasteiger partial charge in [-0.25, -0.2) is 4.79 Å². The number of carbonyl (C=O) groups is 1. The summed E-state index contributed by atoms with van der Waals surface area (Å²) in [6.45, 7) is 5.49. The zero-order chi connectivity index (χ0) is 20.8. The summed E-state index contributed by atoms with van der Waals surface area (Å²) in [4.78, 5) is 17.7. The minimum Gasteiger partial charge on any atom is -0.462 e. The number of aromatic nitrogens is 1. The van der Waals surface area contributed by atoms with E-state index >= 15 is 0 Å². The van der Waals surface area contributed by atoms with Crippen molar-refractivity contribution in [3.05, 3.63) is 77.5 Å². The molecule has 156 valence electrons. The average Bonchev–Trinajstić information content (AvgIpc) is 3.20. The minimum absolute atomic E-state index is 0.268. The zero-order valence-electron chi connectivity index (χ0n) is 17.4. The van der Waals surface area contributed by atoms with E-state index in [2.05, 4.69) is 52.5 Å². The molecule has 0 atom stereocenters. The fourth-order valence-electron chi connectivity index (χ4n) is 3.85. The van der Waals surface area contributed by atoms with Gasteiger partial charge in [0, 0.05) is 48.2 Å². The molecular weight excluding hydrogens is 392 g/mol. The number of fused-ring (bicyclic) bond motifs is 1. The summed E-state index contributed by atoms with van der Waals surface area (Å²) in [5.74, 6) is 1.82. The molecule has 0 unspecified atom stereocenters. The normalized spacial score (nSPS) is 14.6. The molecule has 1 aliphatic heterocycles. The van der Waals surface area contributed by atoms with Crippen molar-refractivity contribution in [2.24, 2.45) is 0 Å². The Morgan fingerprint density at radius 2 is 2.07 bits per heavy atom. The summed E-state index contributed by atoms with van der Waals surface area (Å²) in [7, 11) is 0. The topological polar surface area (TPSA) is 45.3 Å². The molecule has 0 saturated heterocycles. The monoisotopic (exact) mass is 420 g/mol. The number of benzene rings is 2. The van der Waals surface area contributed by atoms with Gasteiger partial charge in [-0.05, 0) is 42.2 Å². The number of hydrogen-bond acceptors (Lipinski definition) is 4. The lowest BCUT2D eigenvalue weighted by atomic mass is 10.00. The summed E-state index contributed by atoms with van der Waals surface area (Å²) >= 11 is 1.96. The lowest BCUT2D eigenvalue weighted by Crippen LogP contribution is -2.30. The molecule has 1 aliphatic rings. The lowest BCUT2D eigenvalue weighted by Gasteiger charge is -2.26. The summed E-state index contributed by atoms with van der Waals surface area (Å²) in [6, 6.07) is 16.5. The van der Waals surface area contributed by atoms with Crippen molar-refractivity contribution in [2.75, 3.05) is 32.0 Å². The third-order valence-electron chi connectivity index (χ3n) is 5.53. The van der Waals surface area contributed by atoms with Crippen LogP contribution in [0.3, 0.4) is 0 Å². The molecule has 0 fully saturated rings. The van der Waals surface area contributed by atoms with Crippen molar-refractivity contribution in [1.29, 1.82) is 0 Å². The van der Waals surface area contributed by atoms with Crippen LogP contribution in [0.15, 0.2) is 60.8 Å². The molecule has 0 spiro atoms. The van der Waals surface area contributed by atoms with Crippen LogP contribution in [-0.4, -0.2) is 47.8 Å². The first-order chi connectivity index (χ1) is 14.7. The van der Waals surface area contributed by atoms with Crippen molar-refractivity contribution < 1.29 is 9.53 Å². The first-order valence-electron chi connectivity index (χ1n) is 10.6. The van der Waals surface area contributed by atoms with Crippen LogP contribution in [0.5, 0.6) is 0 Å². The number of aromatic amines is 1. The molecule has 0 amide bonds. The van der Waals surface area contributed by atoms with Gasteiger partial charge in [0.15, 0.2) is 0 Å². The molecule has 1 N–H and O–H groups in total. The standard InChI is InChI=1S/C25H28N2O2S/c1-2-29-25(28)21-8-9-23-22(17-26-24(23)16-21)18-30-15-14-27-12-10-20(11-13-27)19-6-4-3-5-7-19/h3-10,16-17,26H,2,11-15,18H2,1H3. The number of rotatable bonds is 8. The molecule has 30 heavy (non-hydrogen) atoms. The van der Waals surface area contributed by atoms with E-state index in [1.807, 2.05) is 36.9 Å². The summed E-state index contributed by atoms with van der Waals surface area (Å²) in [5, 5.41) is 1.18. The number of nitrogens with one attached hydrogen (secondary N) is 1. The van der Waals surface area contributed by atoms with Crippen molar-refractivity contribution in [3.8, 4) is 0 Å². The molecule has 0 radical (unpaired) electrons. The molecule has 0 aliphatic carbocycles. The van der Waals surface area contributed by atoms with Crippen LogP contribution in [0, 0.1) is 0 Å². The third-order valence-corrected chi connectivity index (χ3v) is 6.51. The molecule has 5 heteroatoms. The van der Waals surface area contributed by atoms with E-state index in [1.165, 1.54) is 22.1 Å². The quantitative estimate of drug-likeness (QED) is 0.393. The van der Waals surface area contributed by atoms with Gasteiger partial charge >= 0.3 is 5.97 Å². The van der Waals surface area contributed by atoms with Crippen molar-refractivity contribution >= 4 is 34.2 Å². The Balaban J connectivity index is 1.26. The van der Waals surface area contributed by atoms with Gasteiger partial charge < -0.3 is 9.72 Å². The van der Waals surface area contributed by atoms with E-state index in [0.717, 1.165) is 43.1 Å². The summed E-state index contributed by atoms with van der Waals surface area (Å²) in [5.41, 5.74) is 5.71. The van der Waals surface area contributed by atoms with E-state index in [9.17, 15) is 4.79 Å². The first-order valence-corrected chi connectivity index (χ1v) is 11.7. The van der Waals surface area contributed by atoms with Gasteiger partial charge in [-0.15, -0.1) is 0 Å². The highest BCUT2D eigenvalue weighted by atomic mass is 32.2. The Hall–Kier alpha value is -2.50. The second-order valence-electron chi connectivity index (χ2n) is 7.49. The summed E-state index contributed by atoms with van der Waals surface area (Å²) in [6.07, 6.45) is 5.56. The largest absolute Gasteiger partial charge is 0.462 e. The Morgan fingerprint density at radius 1 is 1.20 bits per heavy atom. The molecular formula is C25H28N2O2S. The zero-order valence-corrected chi connectivity index (χ0v) is 18.2. The Bertz CT molecular complexity index is 1030. The number of thioether (sulfide) groups is 1. The van der Waals surface area contributed by atoms with E-state index in [-0.39, 0.29) is 5.97 Å². The number of ether oxygens (including phenoxy) is 1. The second-order valence-corrected chi connectivity index (χ2v) is 8.60. The van der Waals surface area contributed by atoms with Crippen molar-refractivity contribution in [3.63, 3.8) is 0 Å². The highest BCUT2D eigenvalue weighted by Gasteiger charge is 2.13. The van der Waals surface area contributed by atoms with Crippen LogP contribution >= 0.6 is 11.8 Å². The van der Waals surface area contributed by atoms with E-state index in [4.69, 9.17) is 4.74 Å². The minimum atomic E-state index is -0.268. The second kappa shape index (κ2) is 10.0. The van der Waals surface area contributed by atoms with Gasteiger partial charge in [-0.3, -0.25) is 4.90 Å². The van der Waals surface area contributed by atoms with Gasteiger partial charge in [0.25, 0.3) is 0 Å². The molecule has 0 saturated carbocycles. The molecule has 3 aromatic rings. The maximum Gasteiger partial charge on any atom is 0.338 e. The Labute approximate surface area is 182 Å². The van der Waals surface area contributed by atoms with Crippen LogP contribution in [0.25, 0.3) is 16.5 Å². The number of carbonyl (C=O) groups excluding carboxylic acids is 1.